The first-order valence-electron chi connectivity index (χ1n) is 8.73. The van der Waals surface area contributed by atoms with Crippen LogP contribution >= 0.6 is 11.6 Å². The summed E-state index contributed by atoms with van der Waals surface area (Å²) in [5.74, 6) is 0.993. The van der Waals surface area contributed by atoms with E-state index >= 15 is 0 Å². The molecule has 0 atom stereocenters. The Hall–Kier alpha value is -3.12. The van der Waals surface area contributed by atoms with Crippen LogP contribution in [-0.4, -0.2) is 23.0 Å². The van der Waals surface area contributed by atoms with E-state index in [9.17, 15) is 4.79 Å². The molecule has 3 aromatic rings. The average Bonchev–Trinajstić information content (AvgIpc) is 2.69. The first-order chi connectivity index (χ1) is 13.5. The Balaban J connectivity index is 1.62. The summed E-state index contributed by atoms with van der Waals surface area (Å²) in [6, 6.07) is 11.4. The highest BCUT2D eigenvalue weighted by Gasteiger charge is 2.10. The largest absolute Gasteiger partial charge is 0.497 e. The highest BCUT2D eigenvalue weighted by atomic mass is 35.5. The van der Waals surface area contributed by atoms with Crippen LogP contribution in [-0.2, 0) is 6.54 Å². The second kappa shape index (κ2) is 8.71. The van der Waals surface area contributed by atoms with Gasteiger partial charge in [-0.15, -0.1) is 0 Å². The summed E-state index contributed by atoms with van der Waals surface area (Å²) in [5.41, 5.74) is 4.07. The van der Waals surface area contributed by atoms with Crippen molar-refractivity contribution in [2.45, 2.75) is 20.4 Å². The molecule has 1 heterocycles. The van der Waals surface area contributed by atoms with E-state index in [4.69, 9.17) is 16.3 Å². The number of ether oxygens (including phenoxy) is 1. The molecular formula is C21H21ClN4O2. The minimum absolute atomic E-state index is 0.241. The van der Waals surface area contributed by atoms with E-state index in [1.165, 1.54) is 12.4 Å². The lowest BCUT2D eigenvalue weighted by Crippen LogP contribution is -2.24. The van der Waals surface area contributed by atoms with Crippen LogP contribution in [0.25, 0.3) is 0 Å². The zero-order chi connectivity index (χ0) is 20.1. The smallest absolute Gasteiger partial charge is 0.271 e. The number of carbonyl (C=O) groups excluding carboxylic acids is 1. The maximum absolute atomic E-state index is 12.3. The molecule has 6 nitrogen and oxygen atoms in total. The summed E-state index contributed by atoms with van der Waals surface area (Å²) in [6.07, 6.45) is 2.95. The van der Waals surface area contributed by atoms with Gasteiger partial charge in [0.2, 0.25) is 0 Å². The molecule has 28 heavy (non-hydrogen) atoms. The molecule has 0 radical (unpaired) electrons. The van der Waals surface area contributed by atoms with Gasteiger partial charge in [0, 0.05) is 6.54 Å². The van der Waals surface area contributed by atoms with Crippen molar-refractivity contribution in [3.63, 3.8) is 0 Å². The van der Waals surface area contributed by atoms with Gasteiger partial charge in [-0.1, -0.05) is 29.8 Å². The summed E-state index contributed by atoms with van der Waals surface area (Å²) in [4.78, 5) is 20.7. The third kappa shape index (κ3) is 4.78. The highest BCUT2D eigenvalue weighted by Crippen LogP contribution is 2.29. The van der Waals surface area contributed by atoms with E-state index in [0.717, 1.165) is 28.1 Å². The fourth-order valence-corrected chi connectivity index (χ4v) is 3.10. The van der Waals surface area contributed by atoms with Gasteiger partial charge in [0.25, 0.3) is 5.91 Å². The number of anilines is 2. The number of hydrogen-bond acceptors (Lipinski definition) is 5. The van der Waals surface area contributed by atoms with Crippen molar-refractivity contribution in [1.29, 1.82) is 0 Å². The Labute approximate surface area is 168 Å². The molecule has 0 saturated carbocycles. The molecule has 1 amide bonds. The van der Waals surface area contributed by atoms with Gasteiger partial charge in [-0.25, -0.2) is 9.97 Å². The Morgan fingerprint density at radius 2 is 1.86 bits per heavy atom. The molecular weight excluding hydrogens is 376 g/mol. The van der Waals surface area contributed by atoms with E-state index in [0.29, 0.717) is 17.4 Å². The molecule has 0 aliphatic heterocycles. The van der Waals surface area contributed by atoms with Crippen LogP contribution in [0, 0.1) is 13.8 Å². The van der Waals surface area contributed by atoms with Crippen molar-refractivity contribution in [1.82, 2.24) is 15.3 Å². The van der Waals surface area contributed by atoms with Gasteiger partial charge in [-0.3, -0.25) is 4.79 Å². The van der Waals surface area contributed by atoms with Crippen LogP contribution < -0.4 is 15.4 Å². The summed E-state index contributed by atoms with van der Waals surface area (Å²) < 4.78 is 5.12. The van der Waals surface area contributed by atoms with E-state index in [1.807, 2.05) is 50.2 Å². The van der Waals surface area contributed by atoms with Crippen LogP contribution in [0.3, 0.4) is 0 Å². The fourth-order valence-electron chi connectivity index (χ4n) is 2.73. The Morgan fingerprint density at radius 3 is 2.46 bits per heavy atom. The lowest BCUT2D eigenvalue weighted by atomic mass is 10.1. The molecule has 2 N–H and O–H groups in total. The Bertz CT molecular complexity index is 950. The zero-order valence-electron chi connectivity index (χ0n) is 15.9. The van der Waals surface area contributed by atoms with Gasteiger partial charge >= 0.3 is 0 Å². The molecule has 3 rings (SSSR count). The summed E-state index contributed by atoms with van der Waals surface area (Å²) in [5, 5.41) is 6.59. The molecule has 7 heteroatoms. The molecule has 0 unspecified atom stereocenters. The molecule has 0 aliphatic rings. The van der Waals surface area contributed by atoms with Gasteiger partial charge in [0.15, 0.2) is 0 Å². The van der Waals surface area contributed by atoms with Crippen LogP contribution in [0.4, 0.5) is 11.5 Å². The second-order valence-corrected chi connectivity index (χ2v) is 6.79. The van der Waals surface area contributed by atoms with Crippen molar-refractivity contribution in [2.75, 3.05) is 12.4 Å². The van der Waals surface area contributed by atoms with Crippen LogP contribution in [0.5, 0.6) is 5.75 Å². The number of aromatic nitrogens is 2. The maximum atomic E-state index is 12.3. The number of aryl methyl sites for hydroxylation is 2. The fraction of sp³-hybridized carbons (Fsp3) is 0.190. The summed E-state index contributed by atoms with van der Waals surface area (Å²) >= 11 is 6.30. The SMILES string of the molecule is COc1ccc(CNC(=O)c2cnc(Nc3c(C)cc(C)cc3Cl)cn2)cc1. The lowest BCUT2D eigenvalue weighted by molar-refractivity contribution is 0.0945. The molecule has 0 saturated heterocycles. The lowest BCUT2D eigenvalue weighted by Gasteiger charge is -2.12. The number of hydrogen-bond donors (Lipinski definition) is 2. The third-order valence-corrected chi connectivity index (χ3v) is 4.48. The van der Waals surface area contributed by atoms with Crippen LogP contribution in [0.15, 0.2) is 48.8 Å². The number of nitrogens with one attached hydrogen (secondary N) is 2. The maximum Gasteiger partial charge on any atom is 0.271 e. The molecule has 0 bridgehead atoms. The predicted octanol–water partition coefficient (Wildman–Crippen LogP) is 4.43. The standard InChI is InChI=1S/C21H21ClN4O2/c1-13-8-14(2)20(17(22)9-13)26-19-12-23-18(11-24-19)21(27)25-10-15-4-6-16(28-3)7-5-15/h4-9,11-12H,10H2,1-3H3,(H,24,26)(H,25,27). The van der Waals surface area contributed by atoms with E-state index in [-0.39, 0.29) is 11.6 Å². The molecule has 144 valence electrons. The van der Waals surface area contributed by atoms with Gasteiger partial charge in [-0.2, -0.15) is 0 Å². The number of carbonyl (C=O) groups is 1. The molecule has 0 aliphatic carbocycles. The second-order valence-electron chi connectivity index (χ2n) is 6.38. The average molecular weight is 397 g/mol. The monoisotopic (exact) mass is 396 g/mol. The number of methoxy groups -OCH3 is 1. The van der Waals surface area contributed by atoms with E-state index in [1.54, 1.807) is 7.11 Å². The molecule has 1 aromatic heterocycles. The summed E-state index contributed by atoms with van der Waals surface area (Å²) in [6.45, 7) is 4.35. The van der Waals surface area contributed by atoms with E-state index in [2.05, 4.69) is 20.6 Å². The minimum Gasteiger partial charge on any atom is -0.497 e. The van der Waals surface area contributed by atoms with Crippen molar-refractivity contribution in [3.8, 4) is 5.75 Å². The number of halogens is 1. The predicted molar refractivity (Wildman–Crippen MR) is 110 cm³/mol. The molecule has 0 fully saturated rings. The highest BCUT2D eigenvalue weighted by molar-refractivity contribution is 6.33. The van der Waals surface area contributed by atoms with Gasteiger partial charge in [0.1, 0.15) is 17.3 Å². The number of rotatable bonds is 6. The first kappa shape index (κ1) is 19.6. The number of amides is 1. The normalized spacial score (nSPS) is 10.4. The van der Waals surface area contributed by atoms with E-state index < -0.39 is 0 Å². The Morgan fingerprint density at radius 1 is 1.11 bits per heavy atom. The van der Waals surface area contributed by atoms with Gasteiger partial charge < -0.3 is 15.4 Å². The quantitative estimate of drug-likeness (QED) is 0.644. The van der Waals surface area contributed by atoms with Crippen molar-refractivity contribution >= 4 is 29.0 Å². The topological polar surface area (TPSA) is 76.1 Å². The minimum atomic E-state index is -0.292. The molecule has 2 aromatic carbocycles. The zero-order valence-corrected chi connectivity index (χ0v) is 16.7. The Kier molecular flexibility index (Phi) is 6.11. The van der Waals surface area contributed by atoms with Crippen molar-refractivity contribution in [3.05, 3.63) is 76.2 Å². The number of nitrogens with zero attached hydrogens (tertiary/aromatic N) is 2. The number of benzene rings is 2. The van der Waals surface area contributed by atoms with Gasteiger partial charge in [0.05, 0.1) is 30.2 Å². The van der Waals surface area contributed by atoms with Crippen LogP contribution in [0.1, 0.15) is 27.2 Å². The third-order valence-electron chi connectivity index (χ3n) is 4.18. The first-order valence-corrected chi connectivity index (χ1v) is 9.11. The molecule has 0 spiro atoms. The van der Waals surface area contributed by atoms with Crippen LogP contribution in [0.2, 0.25) is 5.02 Å². The summed E-state index contributed by atoms with van der Waals surface area (Å²) in [7, 11) is 1.61. The van der Waals surface area contributed by atoms with Crippen molar-refractivity contribution in [2.24, 2.45) is 0 Å². The van der Waals surface area contributed by atoms with Crippen molar-refractivity contribution < 1.29 is 9.53 Å². The van der Waals surface area contributed by atoms with Gasteiger partial charge in [-0.05, 0) is 48.7 Å².